The molecule has 154 valence electrons. The van der Waals surface area contributed by atoms with Crippen LogP contribution in [0.5, 0.6) is 5.75 Å². The number of halogens is 1. The van der Waals surface area contributed by atoms with E-state index in [4.69, 9.17) is 14.5 Å². The highest BCUT2D eigenvalue weighted by atomic mass is 127. The number of benzene rings is 1. The number of aliphatic hydroxyl groups excluding tert-OH is 1. The molecule has 6 nitrogen and oxygen atoms in total. The molecule has 0 aromatic heterocycles. The molecule has 1 fully saturated rings. The van der Waals surface area contributed by atoms with E-state index in [9.17, 15) is 5.11 Å². The minimum atomic E-state index is -0.0222. The fraction of sp³-hybridized carbons (Fsp3) is 0.650. The Hall–Kier alpha value is -1.06. The first-order chi connectivity index (χ1) is 12.7. The zero-order valence-electron chi connectivity index (χ0n) is 16.5. The number of guanidine groups is 1. The van der Waals surface area contributed by atoms with E-state index in [-0.39, 0.29) is 36.0 Å². The highest BCUT2D eigenvalue weighted by Crippen LogP contribution is 2.32. The molecule has 1 saturated heterocycles. The first-order valence-corrected chi connectivity index (χ1v) is 9.58. The predicted molar refractivity (Wildman–Crippen MR) is 120 cm³/mol. The van der Waals surface area contributed by atoms with E-state index in [1.165, 1.54) is 5.56 Å². The highest BCUT2D eigenvalue weighted by molar-refractivity contribution is 14.0. The predicted octanol–water partition coefficient (Wildman–Crippen LogP) is 2.73. The van der Waals surface area contributed by atoms with E-state index in [1.54, 1.807) is 0 Å². The Morgan fingerprint density at radius 3 is 2.70 bits per heavy atom. The van der Waals surface area contributed by atoms with Gasteiger partial charge in [-0.2, -0.15) is 0 Å². The summed E-state index contributed by atoms with van der Waals surface area (Å²) in [6.45, 7) is 8.68. The lowest BCUT2D eigenvalue weighted by Gasteiger charge is -2.24. The van der Waals surface area contributed by atoms with Gasteiger partial charge in [0.2, 0.25) is 0 Å². The number of hydrogen-bond acceptors (Lipinski definition) is 4. The lowest BCUT2D eigenvalue weighted by molar-refractivity contribution is 0.131. The maximum atomic E-state index is 9.32. The van der Waals surface area contributed by atoms with Gasteiger partial charge in [0, 0.05) is 31.7 Å². The van der Waals surface area contributed by atoms with Gasteiger partial charge in [0.25, 0.3) is 0 Å². The summed E-state index contributed by atoms with van der Waals surface area (Å²) in [7, 11) is 0. The fourth-order valence-electron chi connectivity index (χ4n) is 2.98. The summed E-state index contributed by atoms with van der Waals surface area (Å²) in [4.78, 5) is 4.71. The van der Waals surface area contributed by atoms with Crippen molar-refractivity contribution < 1.29 is 14.6 Å². The van der Waals surface area contributed by atoms with Crippen LogP contribution < -0.4 is 15.4 Å². The third-order valence-electron chi connectivity index (χ3n) is 4.65. The quantitative estimate of drug-likeness (QED) is 0.203. The van der Waals surface area contributed by atoms with E-state index in [0.717, 1.165) is 50.7 Å². The maximum absolute atomic E-state index is 9.32. The van der Waals surface area contributed by atoms with Crippen molar-refractivity contribution in [3.05, 3.63) is 29.8 Å². The SMILES string of the molecule is CCNC(=NCC1(CCO)CCOC1)NCCCOc1ccc(C)cc1.I. The Morgan fingerprint density at radius 1 is 1.30 bits per heavy atom. The average molecular weight is 491 g/mol. The molecule has 7 heteroatoms. The molecule has 3 N–H and O–H groups in total. The lowest BCUT2D eigenvalue weighted by atomic mass is 9.84. The van der Waals surface area contributed by atoms with E-state index >= 15 is 0 Å². The molecule has 1 aromatic rings. The number of nitrogens with one attached hydrogen (secondary N) is 2. The summed E-state index contributed by atoms with van der Waals surface area (Å²) in [6, 6.07) is 8.11. The standard InChI is InChI=1S/C20H33N3O3.HI/c1-3-21-19(23-15-20(9-12-24)10-14-25-16-20)22-11-4-13-26-18-7-5-17(2)6-8-18;/h5-8,24H,3-4,9-16H2,1-2H3,(H2,21,22,23);1H. The van der Waals surface area contributed by atoms with Gasteiger partial charge in [-0.05, 0) is 45.2 Å². The van der Waals surface area contributed by atoms with Gasteiger partial charge in [-0.3, -0.25) is 4.99 Å². The minimum absolute atomic E-state index is 0. The number of aliphatic hydroxyl groups is 1. The molecule has 0 saturated carbocycles. The summed E-state index contributed by atoms with van der Waals surface area (Å²) in [5.74, 6) is 1.72. The second kappa shape index (κ2) is 13.2. The van der Waals surface area contributed by atoms with Crippen LogP contribution in [-0.2, 0) is 4.74 Å². The molecule has 0 spiro atoms. The number of rotatable bonds is 10. The van der Waals surface area contributed by atoms with Gasteiger partial charge in [-0.15, -0.1) is 24.0 Å². The van der Waals surface area contributed by atoms with Gasteiger partial charge in [-0.25, -0.2) is 0 Å². The van der Waals surface area contributed by atoms with Crippen molar-refractivity contribution in [3.8, 4) is 5.75 Å². The molecular formula is C20H34IN3O3. The number of ether oxygens (including phenoxy) is 2. The largest absolute Gasteiger partial charge is 0.494 e. The summed E-state index contributed by atoms with van der Waals surface area (Å²) in [5, 5.41) is 16.0. The zero-order valence-corrected chi connectivity index (χ0v) is 18.8. The number of hydrogen-bond donors (Lipinski definition) is 3. The number of nitrogens with zero attached hydrogens (tertiary/aromatic N) is 1. The molecule has 0 radical (unpaired) electrons. The van der Waals surface area contributed by atoms with Crippen molar-refractivity contribution in [2.45, 2.75) is 33.1 Å². The molecule has 2 rings (SSSR count). The summed E-state index contributed by atoms with van der Waals surface area (Å²) in [5.41, 5.74) is 1.21. The number of aliphatic imine (C=N–C) groups is 1. The van der Waals surface area contributed by atoms with Crippen molar-refractivity contribution in [2.75, 3.05) is 46.1 Å². The lowest BCUT2D eigenvalue weighted by Crippen LogP contribution is -2.39. The summed E-state index contributed by atoms with van der Waals surface area (Å²) >= 11 is 0. The first-order valence-electron chi connectivity index (χ1n) is 9.58. The molecule has 1 aliphatic rings. The minimum Gasteiger partial charge on any atom is -0.494 e. The van der Waals surface area contributed by atoms with E-state index < -0.39 is 0 Å². The second-order valence-corrected chi connectivity index (χ2v) is 6.91. The van der Waals surface area contributed by atoms with Crippen LogP contribution in [0.25, 0.3) is 0 Å². The van der Waals surface area contributed by atoms with Crippen LogP contribution in [-0.4, -0.2) is 57.1 Å². The number of aryl methyl sites for hydroxylation is 1. The summed E-state index contributed by atoms with van der Waals surface area (Å²) < 4.78 is 11.3. The van der Waals surface area contributed by atoms with Crippen molar-refractivity contribution >= 4 is 29.9 Å². The first kappa shape index (κ1) is 24.0. The Balaban J connectivity index is 0.00000364. The van der Waals surface area contributed by atoms with Crippen LogP contribution in [0.3, 0.4) is 0 Å². The molecule has 0 bridgehead atoms. The normalized spacial score (nSPS) is 19.4. The molecule has 0 amide bonds. The Kier molecular flexibility index (Phi) is 11.7. The van der Waals surface area contributed by atoms with Crippen LogP contribution in [0, 0.1) is 12.3 Å². The molecule has 1 unspecified atom stereocenters. The van der Waals surface area contributed by atoms with E-state index in [1.807, 2.05) is 12.1 Å². The monoisotopic (exact) mass is 491 g/mol. The fourth-order valence-corrected chi connectivity index (χ4v) is 2.98. The van der Waals surface area contributed by atoms with Crippen LogP contribution in [0.15, 0.2) is 29.3 Å². The van der Waals surface area contributed by atoms with Crippen molar-refractivity contribution in [2.24, 2.45) is 10.4 Å². The van der Waals surface area contributed by atoms with Crippen LogP contribution in [0.1, 0.15) is 31.7 Å². The molecule has 27 heavy (non-hydrogen) atoms. The van der Waals surface area contributed by atoms with Gasteiger partial charge in [0.05, 0.1) is 19.8 Å². The van der Waals surface area contributed by atoms with Gasteiger partial charge < -0.3 is 25.2 Å². The highest BCUT2D eigenvalue weighted by Gasteiger charge is 2.34. The van der Waals surface area contributed by atoms with Crippen LogP contribution >= 0.6 is 24.0 Å². The van der Waals surface area contributed by atoms with Crippen molar-refractivity contribution in [1.29, 1.82) is 0 Å². The van der Waals surface area contributed by atoms with Crippen molar-refractivity contribution in [1.82, 2.24) is 10.6 Å². The molecule has 1 atom stereocenters. The van der Waals surface area contributed by atoms with Crippen LogP contribution in [0.4, 0.5) is 0 Å². The zero-order chi connectivity index (χ0) is 18.7. The van der Waals surface area contributed by atoms with E-state index in [2.05, 4.69) is 36.6 Å². The summed E-state index contributed by atoms with van der Waals surface area (Å²) in [6.07, 6.45) is 2.59. The smallest absolute Gasteiger partial charge is 0.191 e. The molecular weight excluding hydrogens is 457 g/mol. The second-order valence-electron chi connectivity index (χ2n) is 6.91. The van der Waals surface area contributed by atoms with Crippen molar-refractivity contribution in [3.63, 3.8) is 0 Å². The Labute approximate surface area is 180 Å². The van der Waals surface area contributed by atoms with Gasteiger partial charge >= 0.3 is 0 Å². The average Bonchev–Trinajstić information content (AvgIpc) is 3.10. The maximum Gasteiger partial charge on any atom is 0.191 e. The molecule has 0 aliphatic carbocycles. The molecule has 1 aromatic carbocycles. The Bertz CT molecular complexity index is 546. The third kappa shape index (κ3) is 8.66. The third-order valence-corrected chi connectivity index (χ3v) is 4.65. The van der Waals surface area contributed by atoms with E-state index in [0.29, 0.717) is 19.8 Å². The van der Waals surface area contributed by atoms with Gasteiger partial charge in [-0.1, -0.05) is 17.7 Å². The Morgan fingerprint density at radius 2 is 2.07 bits per heavy atom. The van der Waals surface area contributed by atoms with Gasteiger partial charge in [0.1, 0.15) is 5.75 Å². The van der Waals surface area contributed by atoms with Gasteiger partial charge in [0.15, 0.2) is 5.96 Å². The topological polar surface area (TPSA) is 75.1 Å². The molecule has 1 heterocycles. The van der Waals surface area contributed by atoms with Crippen LogP contribution in [0.2, 0.25) is 0 Å². The molecule has 1 aliphatic heterocycles.